The van der Waals surface area contributed by atoms with E-state index in [0.717, 1.165) is 12.8 Å². The number of hydrogen-bond donors (Lipinski definition) is 2. The summed E-state index contributed by atoms with van der Waals surface area (Å²) >= 11 is 0. The number of nitrogens with one attached hydrogen (secondary N) is 2. The van der Waals surface area contributed by atoms with Crippen LogP contribution in [-0.4, -0.2) is 31.1 Å². The van der Waals surface area contributed by atoms with Gasteiger partial charge in [-0.2, -0.15) is 0 Å². The third-order valence-electron chi connectivity index (χ3n) is 4.36. The number of hydrogen-bond acceptors (Lipinski definition) is 4. The first kappa shape index (κ1) is 17.9. The van der Waals surface area contributed by atoms with Crippen molar-refractivity contribution in [2.75, 3.05) is 7.05 Å². The molecule has 0 aliphatic heterocycles. The van der Waals surface area contributed by atoms with Gasteiger partial charge in [0.25, 0.3) is 5.91 Å². The van der Waals surface area contributed by atoms with Crippen molar-refractivity contribution in [1.29, 1.82) is 0 Å². The van der Waals surface area contributed by atoms with Crippen molar-refractivity contribution in [2.45, 2.75) is 44.1 Å². The molecule has 130 valence electrons. The molecule has 7 heteroatoms. The van der Waals surface area contributed by atoms with E-state index in [0.29, 0.717) is 18.4 Å². The summed E-state index contributed by atoms with van der Waals surface area (Å²) in [7, 11) is 1.38. The van der Waals surface area contributed by atoms with Crippen LogP contribution in [0.1, 0.15) is 38.2 Å². The Morgan fingerprint density at radius 3 is 2.29 bits per heavy atom. The lowest BCUT2D eigenvalue weighted by Crippen LogP contribution is -2.45. The molecular weight excluding hydrogens is 315 g/mol. The largest absolute Gasteiger partial charge is 0.452 e. The Morgan fingerprint density at radius 2 is 1.75 bits per heavy atom. The van der Waals surface area contributed by atoms with Gasteiger partial charge in [-0.15, -0.1) is 0 Å². The van der Waals surface area contributed by atoms with Crippen molar-refractivity contribution < 1.29 is 23.5 Å². The average Bonchev–Trinajstić information content (AvgIpc) is 3.06. The maximum atomic E-state index is 13.2. The quantitative estimate of drug-likeness (QED) is 0.824. The number of rotatable bonds is 4. The molecule has 1 atom stereocenters. The van der Waals surface area contributed by atoms with Gasteiger partial charge in [0.05, 0.1) is 5.41 Å². The fourth-order valence-electron chi connectivity index (χ4n) is 2.96. The highest BCUT2D eigenvalue weighted by atomic mass is 19.1. The molecule has 1 saturated carbocycles. The van der Waals surface area contributed by atoms with Crippen molar-refractivity contribution in [1.82, 2.24) is 10.6 Å². The highest BCUT2D eigenvalue weighted by Gasteiger charge is 2.45. The maximum Gasteiger partial charge on any atom is 0.321 e. The van der Waals surface area contributed by atoms with Crippen molar-refractivity contribution in [3.63, 3.8) is 0 Å². The Kier molecular flexibility index (Phi) is 5.54. The zero-order valence-corrected chi connectivity index (χ0v) is 13.7. The highest BCUT2D eigenvalue weighted by molar-refractivity contribution is 5.97. The van der Waals surface area contributed by atoms with E-state index >= 15 is 0 Å². The molecule has 6 nitrogen and oxygen atoms in total. The van der Waals surface area contributed by atoms with Crippen molar-refractivity contribution in [3.05, 3.63) is 35.6 Å². The Morgan fingerprint density at radius 1 is 1.17 bits per heavy atom. The standard InChI is InChI=1S/C17H21FN2O4/c1-11(14(21)20-16(23)19-2)24-15(22)17(9-3-4-10-17)12-5-7-13(18)8-6-12/h5-8,11H,3-4,9-10H2,1-2H3,(H2,19,20,21,23)/t11-/m0/s1. The first-order chi connectivity index (χ1) is 11.4. The lowest BCUT2D eigenvalue weighted by molar-refractivity contribution is -0.160. The van der Waals surface area contributed by atoms with Crippen LogP contribution in [0.25, 0.3) is 0 Å². The minimum absolute atomic E-state index is 0.376. The molecule has 0 heterocycles. The molecule has 1 aromatic rings. The zero-order chi connectivity index (χ0) is 17.7. The molecule has 0 radical (unpaired) electrons. The molecule has 2 rings (SSSR count). The fourth-order valence-corrected chi connectivity index (χ4v) is 2.96. The van der Waals surface area contributed by atoms with Crippen LogP contribution >= 0.6 is 0 Å². The normalized spacial score (nSPS) is 17.0. The Bertz CT molecular complexity index is 624. The smallest absolute Gasteiger partial charge is 0.321 e. The summed E-state index contributed by atoms with van der Waals surface area (Å²) in [6.07, 6.45) is 1.77. The summed E-state index contributed by atoms with van der Waals surface area (Å²) in [5, 5.41) is 4.32. The van der Waals surface area contributed by atoms with Crippen LogP contribution in [0.15, 0.2) is 24.3 Å². The van der Waals surface area contributed by atoms with E-state index in [4.69, 9.17) is 4.74 Å². The van der Waals surface area contributed by atoms with E-state index in [-0.39, 0.29) is 5.82 Å². The van der Waals surface area contributed by atoms with Gasteiger partial charge in [-0.1, -0.05) is 25.0 Å². The predicted octanol–water partition coefficient (Wildman–Crippen LogP) is 2.02. The summed E-state index contributed by atoms with van der Waals surface area (Å²) in [5.74, 6) is -1.60. The van der Waals surface area contributed by atoms with Crippen LogP contribution in [0.4, 0.5) is 9.18 Å². The number of benzene rings is 1. The maximum absolute atomic E-state index is 13.2. The lowest BCUT2D eigenvalue weighted by Gasteiger charge is -2.28. The molecule has 0 unspecified atom stereocenters. The molecule has 1 aliphatic rings. The van der Waals surface area contributed by atoms with E-state index in [1.165, 1.54) is 26.1 Å². The monoisotopic (exact) mass is 336 g/mol. The molecule has 3 amide bonds. The molecule has 2 N–H and O–H groups in total. The summed E-state index contributed by atoms with van der Waals surface area (Å²) < 4.78 is 18.5. The van der Waals surface area contributed by atoms with Crippen LogP contribution in [0, 0.1) is 5.82 Å². The van der Waals surface area contributed by atoms with Gasteiger partial charge >= 0.3 is 12.0 Å². The summed E-state index contributed by atoms with van der Waals surface area (Å²) in [4.78, 5) is 35.7. The van der Waals surface area contributed by atoms with Crippen LogP contribution in [0.5, 0.6) is 0 Å². The van der Waals surface area contributed by atoms with Crippen LogP contribution in [0.2, 0.25) is 0 Å². The summed E-state index contributed by atoms with van der Waals surface area (Å²) in [6, 6.07) is 5.11. The predicted molar refractivity (Wildman–Crippen MR) is 84.7 cm³/mol. The van der Waals surface area contributed by atoms with E-state index in [2.05, 4.69) is 10.6 Å². The molecule has 0 aromatic heterocycles. The number of esters is 1. The number of carbonyl (C=O) groups is 3. The number of amides is 3. The Labute approximate surface area is 139 Å². The summed E-state index contributed by atoms with van der Waals surface area (Å²) in [6.45, 7) is 1.41. The second kappa shape index (κ2) is 7.42. The number of imide groups is 1. The van der Waals surface area contributed by atoms with Crippen LogP contribution in [0.3, 0.4) is 0 Å². The highest BCUT2D eigenvalue weighted by Crippen LogP contribution is 2.42. The molecule has 24 heavy (non-hydrogen) atoms. The minimum Gasteiger partial charge on any atom is -0.452 e. The van der Waals surface area contributed by atoms with Gasteiger partial charge in [-0.25, -0.2) is 9.18 Å². The van der Waals surface area contributed by atoms with Crippen LogP contribution < -0.4 is 10.6 Å². The number of carbonyl (C=O) groups excluding carboxylic acids is 3. The second-order valence-corrected chi connectivity index (χ2v) is 5.91. The van der Waals surface area contributed by atoms with E-state index in [9.17, 15) is 18.8 Å². The van der Waals surface area contributed by atoms with Gasteiger partial charge in [0, 0.05) is 7.05 Å². The van der Waals surface area contributed by atoms with Gasteiger partial charge in [-0.3, -0.25) is 14.9 Å². The summed E-state index contributed by atoms with van der Waals surface area (Å²) in [5.41, 5.74) is -0.180. The van der Waals surface area contributed by atoms with Crippen molar-refractivity contribution in [3.8, 4) is 0 Å². The molecular formula is C17H21FN2O4. The number of halogens is 1. The fraction of sp³-hybridized carbons (Fsp3) is 0.471. The topological polar surface area (TPSA) is 84.5 Å². The second-order valence-electron chi connectivity index (χ2n) is 5.91. The lowest BCUT2D eigenvalue weighted by atomic mass is 9.79. The van der Waals surface area contributed by atoms with E-state index in [1.807, 2.05) is 0 Å². The van der Waals surface area contributed by atoms with E-state index < -0.39 is 29.4 Å². The van der Waals surface area contributed by atoms with Gasteiger partial charge in [0.15, 0.2) is 6.10 Å². The molecule has 1 aliphatic carbocycles. The third-order valence-corrected chi connectivity index (χ3v) is 4.36. The van der Waals surface area contributed by atoms with Gasteiger partial charge < -0.3 is 10.1 Å². The molecule has 1 fully saturated rings. The third kappa shape index (κ3) is 3.72. The van der Waals surface area contributed by atoms with Gasteiger partial charge in [-0.05, 0) is 37.5 Å². The Hall–Kier alpha value is -2.44. The first-order valence-electron chi connectivity index (χ1n) is 7.89. The van der Waals surface area contributed by atoms with Crippen LogP contribution in [-0.2, 0) is 19.7 Å². The van der Waals surface area contributed by atoms with E-state index in [1.54, 1.807) is 12.1 Å². The SMILES string of the molecule is CNC(=O)NC(=O)[C@H](C)OC(=O)C1(c2ccc(F)cc2)CCCC1. The zero-order valence-electron chi connectivity index (χ0n) is 13.7. The number of ether oxygens (including phenoxy) is 1. The minimum atomic E-state index is -1.10. The molecule has 1 aromatic carbocycles. The van der Waals surface area contributed by atoms with Gasteiger partial charge in [0.1, 0.15) is 5.82 Å². The molecule has 0 saturated heterocycles. The van der Waals surface area contributed by atoms with Crippen molar-refractivity contribution in [2.24, 2.45) is 0 Å². The van der Waals surface area contributed by atoms with Gasteiger partial charge in [0.2, 0.25) is 0 Å². The average molecular weight is 336 g/mol. The number of urea groups is 1. The Balaban J connectivity index is 2.14. The first-order valence-corrected chi connectivity index (χ1v) is 7.89. The molecule has 0 bridgehead atoms. The van der Waals surface area contributed by atoms with Crippen molar-refractivity contribution >= 4 is 17.9 Å². The molecule has 0 spiro atoms.